The van der Waals surface area contributed by atoms with Gasteiger partial charge in [0.25, 0.3) is 5.56 Å². The summed E-state index contributed by atoms with van der Waals surface area (Å²) in [7, 11) is 0. The molecule has 0 atom stereocenters. The molecule has 0 unspecified atom stereocenters. The molecule has 108 valence electrons. The maximum absolute atomic E-state index is 11.5. The van der Waals surface area contributed by atoms with E-state index in [4.69, 9.17) is 21.4 Å². The average Bonchev–Trinajstić information content (AvgIpc) is 2.90. The Labute approximate surface area is 124 Å². The highest BCUT2D eigenvalue weighted by Crippen LogP contribution is 2.25. The summed E-state index contributed by atoms with van der Waals surface area (Å²) in [5.74, 6) is 0.671. The van der Waals surface area contributed by atoms with Crippen molar-refractivity contribution in [2.75, 3.05) is 13.2 Å². The molecule has 21 heavy (non-hydrogen) atoms. The number of nitrogens with zero attached hydrogens (tertiary/aromatic N) is 2. The third-order valence-electron chi connectivity index (χ3n) is 3.03. The zero-order valence-electron chi connectivity index (χ0n) is 10.9. The number of fused-ring (bicyclic) bond motifs is 1. The van der Waals surface area contributed by atoms with Crippen LogP contribution in [0.3, 0.4) is 0 Å². The summed E-state index contributed by atoms with van der Waals surface area (Å²) in [4.78, 5) is 11.5. The van der Waals surface area contributed by atoms with Gasteiger partial charge in [-0.1, -0.05) is 11.6 Å². The summed E-state index contributed by atoms with van der Waals surface area (Å²) in [6, 6.07) is 5.57. The van der Waals surface area contributed by atoms with Crippen LogP contribution in [-0.2, 0) is 0 Å². The number of hydrogen-bond acceptors (Lipinski definition) is 4. The van der Waals surface area contributed by atoms with Crippen LogP contribution in [0.5, 0.6) is 5.75 Å². The number of hydrogen-bond donors (Lipinski definition) is 2. The quantitative estimate of drug-likeness (QED) is 0.769. The fourth-order valence-corrected chi connectivity index (χ4v) is 2.25. The standard InChI is InChI=1S/C14H12ClN3O3/c15-13-12(6-16-17-14(13)20)18-7-9-1-2-11(21-4-3-19)5-10(9)8-18/h1-2,5-8,19H,3-4H2,(H,17,20). The second kappa shape index (κ2) is 5.59. The Morgan fingerprint density at radius 3 is 2.95 bits per heavy atom. The van der Waals surface area contributed by atoms with E-state index in [1.54, 1.807) is 4.57 Å². The predicted molar refractivity (Wildman–Crippen MR) is 79.3 cm³/mol. The fourth-order valence-electron chi connectivity index (χ4n) is 2.07. The number of ether oxygens (including phenoxy) is 1. The number of halogens is 1. The molecular weight excluding hydrogens is 294 g/mol. The van der Waals surface area contributed by atoms with Gasteiger partial charge in [0.1, 0.15) is 17.4 Å². The molecule has 2 N–H and O–H groups in total. The van der Waals surface area contributed by atoms with Gasteiger partial charge in [0.15, 0.2) is 0 Å². The van der Waals surface area contributed by atoms with Crippen LogP contribution in [0.25, 0.3) is 16.5 Å². The van der Waals surface area contributed by atoms with Crippen molar-refractivity contribution in [2.24, 2.45) is 0 Å². The first kappa shape index (κ1) is 13.7. The van der Waals surface area contributed by atoms with Crippen molar-refractivity contribution in [3.8, 4) is 11.4 Å². The first-order valence-corrected chi connectivity index (χ1v) is 6.66. The lowest BCUT2D eigenvalue weighted by molar-refractivity contribution is 0.201. The van der Waals surface area contributed by atoms with Crippen LogP contribution in [-0.4, -0.2) is 33.1 Å². The molecular formula is C14H12ClN3O3. The smallest absolute Gasteiger partial charge is 0.285 e. The van der Waals surface area contributed by atoms with Gasteiger partial charge in [-0.25, -0.2) is 5.10 Å². The minimum atomic E-state index is -0.432. The van der Waals surface area contributed by atoms with E-state index in [1.807, 2.05) is 30.6 Å². The van der Waals surface area contributed by atoms with Gasteiger partial charge in [0, 0.05) is 23.2 Å². The second-order valence-corrected chi connectivity index (χ2v) is 4.80. The minimum Gasteiger partial charge on any atom is -0.491 e. The number of benzene rings is 1. The SMILES string of the molecule is O=c1[nH]ncc(-n2cc3ccc(OCCO)cc3c2)c1Cl. The van der Waals surface area contributed by atoms with Crippen molar-refractivity contribution in [3.05, 3.63) is 52.2 Å². The molecule has 0 bridgehead atoms. The van der Waals surface area contributed by atoms with Crippen molar-refractivity contribution >= 4 is 22.4 Å². The van der Waals surface area contributed by atoms with Gasteiger partial charge in [-0.2, -0.15) is 5.10 Å². The molecule has 7 heteroatoms. The number of aromatic nitrogens is 3. The van der Waals surface area contributed by atoms with E-state index < -0.39 is 5.56 Å². The van der Waals surface area contributed by atoms with Gasteiger partial charge in [0.2, 0.25) is 0 Å². The lowest BCUT2D eigenvalue weighted by atomic mass is 10.2. The van der Waals surface area contributed by atoms with Gasteiger partial charge in [-0.05, 0) is 18.2 Å². The van der Waals surface area contributed by atoms with Crippen molar-refractivity contribution in [1.82, 2.24) is 14.8 Å². The summed E-state index contributed by atoms with van der Waals surface area (Å²) >= 11 is 6.00. The van der Waals surface area contributed by atoms with Crippen molar-refractivity contribution in [1.29, 1.82) is 0 Å². The Morgan fingerprint density at radius 2 is 2.14 bits per heavy atom. The third kappa shape index (κ3) is 2.63. The van der Waals surface area contributed by atoms with Crippen molar-refractivity contribution in [3.63, 3.8) is 0 Å². The third-order valence-corrected chi connectivity index (χ3v) is 3.40. The summed E-state index contributed by atoms with van der Waals surface area (Å²) in [6.07, 6.45) is 5.18. The Morgan fingerprint density at radius 1 is 1.33 bits per heavy atom. The monoisotopic (exact) mass is 305 g/mol. The molecule has 0 aliphatic carbocycles. The first-order valence-electron chi connectivity index (χ1n) is 6.28. The van der Waals surface area contributed by atoms with Crippen LogP contribution in [0, 0.1) is 0 Å². The molecule has 3 aromatic rings. The van der Waals surface area contributed by atoms with E-state index in [0.29, 0.717) is 11.4 Å². The topological polar surface area (TPSA) is 80.1 Å². The van der Waals surface area contributed by atoms with E-state index in [1.165, 1.54) is 6.20 Å². The summed E-state index contributed by atoms with van der Waals surface area (Å²) in [6.45, 7) is 0.211. The average molecular weight is 306 g/mol. The largest absolute Gasteiger partial charge is 0.491 e. The second-order valence-electron chi connectivity index (χ2n) is 4.43. The van der Waals surface area contributed by atoms with Gasteiger partial charge in [0.05, 0.1) is 18.5 Å². The summed E-state index contributed by atoms with van der Waals surface area (Å²) in [5, 5.41) is 16.8. The van der Waals surface area contributed by atoms with Crippen molar-refractivity contribution in [2.45, 2.75) is 0 Å². The lowest BCUT2D eigenvalue weighted by Crippen LogP contribution is -2.11. The van der Waals surface area contributed by atoms with Crippen LogP contribution < -0.4 is 10.3 Å². The van der Waals surface area contributed by atoms with Crippen LogP contribution >= 0.6 is 11.6 Å². The lowest BCUT2D eigenvalue weighted by Gasteiger charge is -2.03. The predicted octanol–water partition coefficient (Wildman–Crippen LogP) is 1.74. The molecule has 0 fully saturated rings. The number of rotatable bonds is 4. The van der Waals surface area contributed by atoms with Crippen LogP contribution in [0.1, 0.15) is 0 Å². The molecule has 0 saturated heterocycles. The molecule has 2 aromatic heterocycles. The number of aliphatic hydroxyl groups excluding tert-OH is 1. The molecule has 0 saturated carbocycles. The molecule has 0 radical (unpaired) electrons. The van der Waals surface area contributed by atoms with Crippen LogP contribution in [0.4, 0.5) is 0 Å². The zero-order valence-corrected chi connectivity index (χ0v) is 11.7. The van der Waals surface area contributed by atoms with E-state index >= 15 is 0 Å². The molecule has 0 spiro atoms. The maximum atomic E-state index is 11.5. The van der Waals surface area contributed by atoms with E-state index in [9.17, 15) is 4.79 Å². The molecule has 0 aliphatic rings. The fraction of sp³-hybridized carbons (Fsp3) is 0.143. The maximum Gasteiger partial charge on any atom is 0.285 e. The van der Waals surface area contributed by atoms with E-state index in [0.717, 1.165) is 10.8 Å². The number of H-pyrrole nitrogens is 1. The zero-order chi connectivity index (χ0) is 14.8. The Bertz CT molecular complexity index is 841. The van der Waals surface area contributed by atoms with Crippen molar-refractivity contribution < 1.29 is 9.84 Å². The molecule has 6 nitrogen and oxygen atoms in total. The Balaban J connectivity index is 2.04. The highest BCUT2D eigenvalue weighted by Gasteiger charge is 2.09. The summed E-state index contributed by atoms with van der Waals surface area (Å²) in [5.41, 5.74) is 0.0772. The molecule has 0 aliphatic heterocycles. The Kier molecular flexibility index (Phi) is 3.64. The van der Waals surface area contributed by atoms with Gasteiger partial charge in [-0.3, -0.25) is 4.79 Å². The van der Waals surface area contributed by atoms with Gasteiger partial charge >= 0.3 is 0 Å². The molecule has 0 amide bonds. The summed E-state index contributed by atoms with van der Waals surface area (Å²) < 4.78 is 7.11. The number of aromatic amines is 1. The Hall–Kier alpha value is -2.31. The normalized spacial score (nSPS) is 11.0. The van der Waals surface area contributed by atoms with Crippen LogP contribution in [0.2, 0.25) is 5.02 Å². The van der Waals surface area contributed by atoms with Crippen LogP contribution in [0.15, 0.2) is 41.6 Å². The van der Waals surface area contributed by atoms with E-state index in [-0.39, 0.29) is 18.2 Å². The van der Waals surface area contributed by atoms with Gasteiger partial charge in [-0.15, -0.1) is 0 Å². The number of aliphatic hydroxyl groups is 1. The van der Waals surface area contributed by atoms with E-state index in [2.05, 4.69) is 10.2 Å². The molecule has 1 aromatic carbocycles. The highest BCUT2D eigenvalue weighted by atomic mass is 35.5. The van der Waals surface area contributed by atoms with Gasteiger partial charge < -0.3 is 14.4 Å². The first-order chi connectivity index (χ1) is 10.2. The number of nitrogens with one attached hydrogen (secondary N) is 1. The minimum absolute atomic E-state index is 0.0346. The highest BCUT2D eigenvalue weighted by molar-refractivity contribution is 6.32. The molecule has 3 rings (SSSR count). The molecule has 2 heterocycles.